The van der Waals surface area contributed by atoms with Gasteiger partial charge >= 0.3 is 0 Å². The van der Waals surface area contributed by atoms with Gasteiger partial charge in [-0.25, -0.2) is 0 Å². The number of aliphatic hydroxyl groups excluding tert-OH is 2. The fourth-order valence-corrected chi connectivity index (χ4v) is 1.75. The number of aliphatic hydroxyl groups is 2. The highest BCUT2D eigenvalue weighted by atomic mass is 16.3. The summed E-state index contributed by atoms with van der Waals surface area (Å²) < 4.78 is 0. The molecule has 126 valence electrons. The number of rotatable bonds is 7. The van der Waals surface area contributed by atoms with Crippen LogP contribution in [0.15, 0.2) is 60.7 Å². The molecule has 2 aromatic carbocycles. The van der Waals surface area contributed by atoms with E-state index < -0.39 is 24.0 Å². The lowest BCUT2D eigenvalue weighted by atomic mass is 10.2. The predicted octanol–water partition coefficient (Wildman–Crippen LogP) is -0.00520. The summed E-state index contributed by atoms with van der Waals surface area (Å²) in [5.74, 6) is -1.89. The average Bonchev–Trinajstić information content (AvgIpc) is 2.64. The molecule has 0 radical (unpaired) electrons. The summed E-state index contributed by atoms with van der Waals surface area (Å²) in [5.41, 5.74) is 10.7. The van der Waals surface area contributed by atoms with E-state index in [9.17, 15) is 19.8 Å². The highest BCUT2D eigenvalue weighted by Crippen LogP contribution is 2.04. The molecule has 0 heterocycles. The Morgan fingerprint density at radius 1 is 0.667 bits per heavy atom. The maximum Gasteiger partial charge on any atom is 0.270 e. The lowest BCUT2D eigenvalue weighted by molar-refractivity contribution is -0.145. The Kier molecular flexibility index (Phi) is 6.12. The summed E-state index contributed by atoms with van der Waals surface area (Å²) in [5, 5.41) is 19.5. The number of hydrogen-bond donors (Lipinski definition) is 6. The number of hydrogen-bond acceptors (Lipinski definition) is 6. The van der Waals surface area contributed by atoms with Crippen LogP contribution in [0.1, 0.15) is 0 Å². The van der Waals surface area contributed by atoms with Crippen LogP contribution in [0.2, 0.25) is 0 Å². The molecule has 2 rings (SSSR count). The van der Waals surface area contributed by atoms with Crippen LogP contribution >= 0.6 is 0 Å². The largest absolute Gasteiger partial charge is 0.380 e. The minimum atomic E-state index is -1.93. The summed E-state index contributed by atoms with van der Waals surface area (Å²) in [6, 6.07) is 17.4. The summed E-state index contributed by atoms with van der Waals surface area (Å²) in [7, 11) is 0. The Labute approximate surface area is 138 Å². The maximum absolute atomic E-state index is 11.8. The molecule has 24 heavy (non-hydrogen) atoms. The molecule has 0 aliphatic carbocycles. The van der Waals surface area contributed by atoms with E-state index >= 15 is 0 Å². The van der Waals surface area contributed by atoms with Crippen LogP contribution in [0.5, 0.6) is 0 Å². The van der Waals surface area contributed by atoms with E-state index in [1.807, 2.05) is 0 Å². The number of hydrazine groups is 2. The van der Waals surface area contributed by atoms with Gasteiger partial charge in [0.15, 0.2) is 12.2 Å². The fraction of sp³-hybridized carbons (Fsp3) is 0.125. The van der Waals surface area contributed by atoms with Gasteiger partial charge in [0.2, 0.25) is 0 Å². The first kappa shape index (κ1) is 17.3. The number of para-hydroxylation sites is 2. The third kappa shape index (κ3) is 4.97. The van der Waals surface area contributed by atoms with Gasteiger partial charge in [0.25, 0.3) is 11.8 Å². The standard InChI is InChI=1S/C16H18N4O4/c21-13(15(23)19-17-11-7-3-1-4-8-11)14(22)16(24)20-18-12-9-5-2-6-10-12/h1-10,13-14,17-18,21-22H,(H,19,23)(H,20,24)/t13-,14-/m1/s1. The average molecular weight is 330 g/mol. The highest BCUT2D eigenvalue weighted by molar-refractivity contribution is 5.91. The smallest absolute Gasteiger partial charge is 0.270 e. The van der Waals surface area contributed by atoms with Crippen LogP contribution in [0.3, 0.4) is 0 Å². The van der Waals surface area contributed by atoms with Gasteiger partial charge in [-0.3, -0.25) is 31.3 Å². The molecule has 2 atom stereocenters. The summed E-state index contributed by atoms with van der Waals surface area (Å²) in [6.07, 6.45) is -3.86. The van der Waals surface area contributed by atoms with Crippen molar-refractivity contribution >= 4 is 23.2 Å². The van der Waals surface area contributed by atoms with E-state index in [0.29, 0.717) is 11.4 Å². The van der Waals surface area contributed by atoms with Crippen molar-refractivity contribution in [2.24, 2.45) is 0 Å². The van der Waals surface area contributed by atoms with E-state index in [0.717, 1.165) is 0 Å². The molecular formula is C16H18N4O4. The van der Waals surface area contributed by atoms with Crippen LogP contribution in [-0.4, -0.2) is 34.2 Å². The van der Waals surface area contributed by atoms with Crippen molar-refractivity contribution < 1.29 is 19.8 Å². The topological polar surface area (TPSA) is 123 Å². The summed E-state index contributed by atoms with van der Waals surface area (Å²) in [6.45, 7) is 0. The fourth-order valence-electron chi connectivity index (χ4n) is 1.75. The zero-order valence-electron chi connectivity index (χ0n) is 12.6. The zero-order valence-corrected chi connectivity index (χ0v) is 12.6. The van der Waals surface area contributed by atoms with Crippen LogP contribution in [0.4, 0.5) is 11.4 Å². The predicted molar refractivity (Wildman–Crippen MR) is 88.4 cm³/mol. The Morgan fingerprint density at radius 2 is 1.00 bits per heavy atom. The highest BCUT2D eigenvalue weighted by Gasteiger charge is 2.30. The van der Waals surface area contributed by atoms with Gasteiger partial charge in [-0.1, -0.05) is 36.4 Å². The first-order chi connectivity index (χ1) is 11.6. The lowest BCUT2D eigenvalue weighted by Crippen LogP contribution is -2.51. The number of benzene rings is 2. The molecule has 0 saturated heterocycles. The van der Waals surface area contributed by atoms with Crippen molar-refractivity contribution in [3.05, 3.63) is 60.7 Å². The van der Waals surface area contributed by atoms with Gasteiger partial charge < -0.3 is 10.2 Å². The van der Waals surface area contributed by atoms with Crippen LogP contribution in [0, 0.1) is 0 Å². The summed E-state index contributed by atoms with van der Waals surface area (Å²) in [4.78, 5) is 23.5. The SMILES string of the molecule is O=C(NNc1ccccc1)[C@H](O)[C@@H](O)C(=O)NNc1ccccc1. The van der Waals surface area contributed by atoms with Gasteiger partial charge in [0.05, 0.1) is 11.4 Å². The maximum atomic E-state index is 11.8. The zero-order chi connectivity index (χ0) is 17.4. The number of carbonyl (C=O) groups excluding carboxylic acids is 2. The molecule has 8 heteroatoms. The monoisotopic (exact) mass is 330 g/mol. The van der Waals surface area contributed by atoms with Crippen molar-refractivity contribution in [3.63, 3.8) is 0 Å². The molecule has 2 amide bonds. The third-order valence-electron chi connectivity index (χ3n) is 3.04. The molecule has 8 nitrogen and oxygen atoms in total. The molecule has 0 bridgehead atoms. The first-order valence-corrected chi connectivity index (χ1v) is 7.16. The molecule has 0 spiro atoms. The molecule has 6 N–H and O–H groups in total. The Hall–Kier alpha value is -3.10. The van der Waals surface area contributed by atoms with Crippen molar-refractivity contribution in [3.8, 4) is 0 Å². The minimum absolute atomic E-state index is 0.586. The molecule has 0 fully saturated rings. The minimum Gasteiger partial charge on any atom is -0.380 e. The number of anilines is 2. The molecule has 0 unspecified atom stereocenters. The van der Waals surface area contributed by atoms with Gasteiger partial charge in [-0.2, -0.15) is 0 Å². The van der Waals surface area contributed by atoms with Crippen molar-refractivity contribution in [1.29, 1.82) is 0 Å². The normalized spacial score (nSPS) is 12.6. The van der Waals surface area contributed by atoms with Crippen molar-refractivity contribution in [2.75, 3.05) is 10.9 Å². The molecular weight excluding hydrogens is 312 g/mol. The van der Waals surface area contributed by atoms with Crippen molar-refractivity contribution in [1.82, 2.24) is 10.9 Å². The van der Waals surface area contributed by atoms with E-state index in [2.05, 4.69) is 21.7 Å². The van der Waals surface area contributed by atoms with E-state index in [1.165, 1.54) is 0 Å². The molecule has 0 aromatic heterocycles. The second kappa shape index (κ2) is 8.51. The number of carbonyl (C=O) groups is 2. The lowest BCUT2D eigenvalue weighted by Gasteiger charge is -2.18. The number of nitrogens with one attached hydrogen (secondary N) is 4. The van der Waals surface area contributed by atoms with Gasteiger partial charge in [0.1, 0.15) is 0 Å². The summed E-state index contributed by atoms with van der Waals surface area (Å²) >= 11 is 0. The molecule has 0 aliphatic rings. The second-order valence-corrected chi connectivity index (χ2v) is 4.85. The Balaban J connectivity index is 1.80. The van der Waals surface area contributed by atoms with E-state index in [4.69, 9.17) is 0 Å². The Morgan fingerprint density at radius 3 is 1.33 bits per heavy atom. The van der Waals surface area contributed by atoms with Crippen LogP contribution in [-0.2, 0) is 9.59 Å². The Bertz CT molecular complexity index is 607. The van der Waals surface area contributed by atoms with Gasteiger partial charge in [-0.15, -0.1) is 0 Å². The van der Waals surface area contributed by atoms with Crippen molar-refractivity contribution in [2.45, 2.75) is 12.2 Å². The van der Waals surface area contributed by atoms with Gasteiger partial charge in [-0.05, 0) is 24.3 Å². The van der Waals surface area contributed by atoms with E-state index in [-0.39, 0.29) is 0 Å². The van der Waals surface area contributed by atoms with Crippen LogP contribution in [0.25, 0.3) is 0 Å². The van der Waals surface area contributed by atoms with E-state index in [1.54, 1.807) is 60.7 Å². The molecule has 0 saturated carbocycles. The van der Waals surface area contributed by atoms with Gasteiger partial charge in [0, 0.05) is 0 Å². The van der Waals surface area contributed by atoms with Crippen LogP contribution < -0.4 is 21.7 Å². The third-order valence-corrected chi connectivity index (χ3v) is 3.04. The quantitative estimate of drug-likeness (QED) is 0.397. The molecule has 0 aliphatic heterocycles. The first-order valence-electron chi connectivity index (χ1n) is 7.16. The molecule has 2 aromatic rings. The number of amides is 2. The second-order valence-electron chi connectivity index (χ2n) is 4.85.